The minimum absolute atomic E-state index is 0.143. The van der Waals surface area contributed by atoms with E-state index in [1.807, 2.05) is 0 Å². The van der Waals surface area contributed by atoms with E-state index in [1.54, 1.807) is 30.9 Å². The van der Waals surface area contributed by atoms with Gasteiger partial charge in [0, 0.05) is 31.7 Å². The third-order valence-corrected chi connectivity index (χ3v) is 8.92. The number of para-hydroxylation sites is 1. The highest BCUT2D eigenvalue weighted by atomic mass is 32.2. The minimum Gasteiger partial charge on any atom is -0.302 e. The molecule has 0 bridgehead atoms. The van der Waals surface area contributed by atoms with Gasteiger partial charge in [0.25, 0.3) is 5.91 Å². The molecule has 0 radical (unpaired) electrons. The summed E-state index contributed by atoms with van der Waals surface area (Å²) in [5, 5.41) is 0.414. The zero-order valence-corrected chi connectivity index (χ0v) is 21.6. The lowest BCUT2D eigenvalue weighted by Gasteiger charge is -2.25. The van der Waals surface area contributed by atoms with Crippen LogP contribution in [-0.4, -0.2) is 67.8 Å². The van der Waals surface area contributed by atoms with Crippen molar-refractivity contribution < 1.29 is 17.6 Å². The Balaban J connectivity index is 1.95. The normalized spacial score (nSPS) is 12.1. The molecule has 3 rings (SSSR count). The number of benzene rings is 2. The number of carbonyl (C=O) groups is 1. The summed E-state index contributed by atoms with van der Waals surface area (Å²) in [4.78, 5) is 21.8. The summed E-state index contributed by atoms with van der Waals surface area (Å²) < 4.78 is 41.9. The number of thiazole rings is 1. The van der Waals surface area contributed by atoms with E-state index < -0.39 is 15.8 Å². The van der Waals surface area contributed by atoms with Gasteiger partial charge in [-0.15, -0.1) is 0 Å². The van der Waals surface area contributed by atoms with Crippen molar-refractivity contribution in [3.8, 4) is 0 Å². The van der Waals surface area contributed by atoms with E-state index in [0.717, 1.165) is 13.1 Å². The van der Waals surface area contributed by atoms with Crippen LogP contribution >= 0.6 is 11.3 Å². The molecular formula is C24H31FN4O3S2. The first-order valence-electron chi connectivity index (χ1n) is 11.5. The first-order valence-corrected chi connectivity index (χ1v) is 13.7. The maximum atomic E-state index is 14.3. The SMILES string of the molecule is CCN(CC)CCN(C(=O)c1ccc(S(=O)(=O)N(CC)CC)cc1)c1nc2c(F)cccc2s1. The van der Waals surface area contributed by atoms with Crippen LogP contribution in [0.15, 0.2) is 47.4 Å². The molecule has 34 heavy (non-hydrogen) atoms. The van der Waals surface area contributed by atoms with Crippen LogP contribution < -0.4 is 4.90 Å². The largest absolute Gasteiger partial charge is 0.302 e. The third kappa shape index (κ3) is 5.46. The van der Waals surface area contributed by atoms with E-state index in [1.165, 1.54) is 46.0 Å². The average Bonchev–Trinajstić information content (AvgIpc) is 3.27. The number of anilines is 1. The second-order valence-corrected chi connectivity index (χ2v) is 10.6. The van der Waals surface area contributed by atoms with E-state index in [4.69, 9.17) is 0 Å². The molecule has 1 aromatic heterocycles. The van der Waals surface area contributed by atoms with Crippen LogP contribution in [-0.2, 0) is 10.0 Å². The highest BCUT2D eigenvalue weighted by Gasteiger charge is 2.25. The molecule has 0 aliphatic heterocycles. The van der Waals surface area contributed by atoms with Crippen LogP contribution in [0.1, 0.15) is 38.1 Å². The van der Waals surface area contributed by atoms with Gasteiger partial charge < -0.3 is 4.90 Å². The summed E-state index contributed by atoms with van der Waals surface area (Å²) in [6, 6.07) is 10.7. The maximum absolute atomic E-state index is 14.3. The Morgan fingerprint density at radius 1 is 0.941 bits per heavy atom. The van der Waals surface area contributed by atoms with Gasteiger partial charge in [0.1, 0.15) is 11.3 Å². The molecule has 0 saturated heterocycles. The molecule has 3 aromatic rings. The molecule has 7 nitrogen and oxygen atoms in total. The van der Waals surface area contributed by atoms with E-state index in [0.29, 0.717) is 41.6 Å². The molecule has 184 valence electrons. The van der Waals surface area contributed by atoms with Crippen molar-refractivity contribution in [2.75, 3.05) is 44.2 Å². The number of nitrogens with zero attached hydrogens (tertiary/aromatic N) is 4. The molecule has 0 aliphatic carbocycles. The van der Waals surface area contributed by atoms with Gasteiger partial charge in [-0.1, -0.05) is 45.1 Å². The Kier molecular flexibility index (Phi) is 8.75. The molecule has 1 amide bonds. The van der Waals surface area contributed by atoms with E-state index in [9.17, 15) is 17.6 Å². The fourth-order valence-corrected chi connectivity index (χ4v) is 6.18. The summed E-state index contributed by atoms with van der Waals surface area (Å²) in [7, 11) is -3.62. The molecule has 0 atom stereocenters. The smallest absolute Gasteiger partial charge is 0.260 e. The maximum Gasteiger partial charge on any atom is 0.260 e. The van der Waals surface area contributed by atoms with Crippen molar-refractivity contribution in [3.63, 3.8) is 0 Å². The van der Waals surface area contributed by atoms with Crippen LogP contribution in [0.5, 0.6) is 0 Å². The van der Waals surface area contributed by atoms with Crippen molar-refractivity contribution in [1.29, 1.82) is 0 Å². The number of amides is 1. The number of aromatic nitrogens is 1. The predicted octanol–water partition coefficient (Wildman–Crippen LogP) is 4.45. The molecule has 2 aromatic carbocycles. The fourth-order valence-electron chi connectivity index (χ4n) is 3.72. The van der Waals surface area contributed by atoms with Crippen LogP contribution in [0.3, 0.4) is 0 Å². The molecule has 0 aliphatic rings. The summed E-state index contributed by atoms with van der Waals surface area (Å²) in [6.45, 7) is 11.1. The van der Waals surface area contributed by atoms with Gasteiger partial charge in [0.15, 0.2) is 5.13 Å². The van der Waals surface area contributed by atoms with Gasteiger partial charge in [-0.3, -0.25) is 9.69 Å². The molecule has 0 fully saturated rings. The number of carbonyl (C=O) groups excluding carboxylic acids is 1. The number of rotatable bonds is 11. The monoisotopic (exact) mass is 506 g/mol. The molecule has 0 saturated carbocycles. The van der Waals surface area contributed by atoms with Crippen molar-refractivity contribution in [2.45, 2.75) is 32.6 Å². The van der Waals surface area contributed by atoms with Crippen molar-refractivity contribution in [3.05, 3.63) is 53.8 Å². The third-order valence-electron chi connectivity index (χ3n) is 5.81. The van der Waals surface area contributed by atoms with Crippen LogP contribution in [0.4, 0.5) is 9.52 Å². The zero-order chi connectivity index (χ0) is 24.9. The highest BCUT2D eigenvalue weighted by Crippen LogP contribution is 2.31. The van der Waals surface area contributed by atoms with Gasteiger partial charge >= 0.3 is 0 Å². The number of sulfonamides is 1. The quantitative estimate of drug-likeness (QED) is 0.384. The number of halogens is 1. The number of likely N-dealkylation sites (N-methyl/N-ethyl adjacent to an activating group) is 1. The zero-order valence-electron chi connectivity index (χ0n) is 20.0. The molecule has 1 heterocycles. The van der Waals surface area contributed by atoms with Crippen LogP contribution in [0.2, 0.25) is 0 Å². The Hall–Kier alpha value is -2.40. The molecule has 10 heteroatoms. The second-order valence-electron chi connectivity index (χ2n) is 7.68. The summed E-state index contributed by atoms with van der Waals surface area (Å²) in [6.07, 6.45) is 0. The Morgan fingerprint density at radius 2 is 1.59 bits per heavy atom. The Labute approximate surface area is 204 Å². The standard InChI is InChI=1S/C24H31FN4O3S2/c1-5-27(6-2)16-17-29(24-26-22-20(25)10-9-11-21(22)33-24)23(30)18-12-14-19(15-13-18)34(31,32)28(7-3)8-4/h9-15H,5-8,16-17H2,1-4H3. The van der Waals surface area contributed by atoms with Gasteiger partial charge in [-0.25, -0.2) is 17.8 Å². The Morgan fingerprint density at radius 3 is 2.15 bits per heavy atom. The lowest BCUT2D eigenvalue weighted by molar-refractivity contribution is 0.0983. The fraction of sp³-hybridized carbons (Fsp3) is 0.417. The lowest BCUT2D eigenvalue weighted by atomic mass is 10.2. The minimum atomic E-state index is -3.62. The van der Waals surface area contributed by atoms with Crippen LogP contribution in [0.25, 0.3) is 10.2 Å². The van der Waals surface area contributed by atoms with Gasteiger partial charge in [-0.05, 0) is 49.5 Å². The molecule has 0 unspecified atom stereocenters. The van der Waals surface area contributed by atoms with Gasteiger partial charge in [0.2, 0.25) is 10.0 Å². The molecule has 0 spiro atoms. The van der Waals surface area contributed by atoms with Crippen molar-refractivity contribution >= 4 is 42.6 Å². The average molecular weight is 507 g/mol. The number of fused-ring (bicyclic) bond motifs is 1. The van der Waals surface area contributed by atoms with E-state index in [2.05, 4.69) is 23.7 Å². The van der Waals surface area contributed by atoms with Gasteiger partial charge in [-0.2, -0.15) is 4.31 Å². The number of hydrogen-bond donors (Lipinski definition) is 0. The van der Waals surface area contributed by atoms with Gasteiger partial charge in [0.05, 0.1) is 9.60 Å². The highest BCUT2D eigenvalue weighted by molar-refractivity contribution is 7.89. The van der Waals surface area contributed by atoms with Crippen LogP contribution in [0, 0.1) is 5.82 Å². The summed E-state index contributed by atoms with van der Waals surface area (Å²) in [5.74, 6) is -0.736. The first kappa shape index (κ1) is 26.2. The second kappa shape index (κ2) is 11.4. The Bertz CT molecular complexity index is 1220. The lowest BCUT2D eigenvalue weighted by Crippen LogP contribution is -2.39. The number of hydrogen-bond acceptors (Lipinski definition) is 6. The summed E-state index contributed by atoms with van der Waals surface area (Å²) >= 11 is 1.26. The molecular weight excluding hydrogens is 475 g/mol. The van der Waals surface area contributed by atoms with Crippen molar-refractivity contribution in [2.24, 2.45) is 0 Å². The summed E-state index contributed by atoms with van der Waals surface area (Å²) in [5.41, 5.74) is 0.585. The first-order chi connectivity index (χ1) is 16.3. The van der Waals surface area contributed by atoms with Crippen molar-refractivity contribution in [1.82, 2.24) is 14.2 Å². The predicted molar refractivity (Wildman–Crippen MR) is 136 cm³/mol. The van der Waals surface area contributed by atoms with E-state index >= 15 is 0 Å². The van der Waals surface area contributed by atoms with E-state index in [-0.39, 0.29) is 16.3 Å². The topological polar surface area (TPSA) is 73.8 Å². The molecule has 0 N–H and O–H groups in total.